The molecule has 2 aromatic carbocycles. The number of hydroxylamine groups is 2. The average molecular weight is 326 g/mol. The van der Waals surface area contributed by atoms with Gasteiger partial charge in [-0.3, -0.25) is 4.90 Å². The van der Waals surface area contributed by atoms with Crippen LogP contribution >= 0.6 is 0 Å². The first kappa shape index (κ1) is 16.2. The summed E-state index contributed by atoms with van der Waals surface area (Å²) in [5.74, 6) is -1.29. The summed E-state index contributed by atoms with van der Waals surface area (Å²) in [6.45, 7) is 1.60. The highest BCUT2D eigenvalue weighted by atomic mass is 16.6. The van der Waals surface area contributed by atoms with Gasteiger partial charge in [-0.15, -0.1) is 0 Å². The van der Waals surface area contributed by atoms with Crippen LogP contribution in [-0.4, -0.2) is 29.7 Å². The average Bonchev–Trinajstić information content (AvgIpc) is 2.82. The van der Waals surface area contributed by atoms with E-state index in [-0.39, 0.29) is 5.69 Å². The number of benzene rings is 2. The molecule has 0 saturated carbocycles. The summed E-state index contributed by atoms with van der Waals surface area (Å²) in [7, 11) is 0. The molecule has 1 aliphatic rings. The zero-order valence-corrected chi connectivity index (χ0v) is 13.3. The molecule has 0 spiro atoms. The molecule has 0 bridgehead atoms. The van der Waals surface area contributed by atoms with Crippen molar-refractivity contribution in [2.75, 3.05) is 11.4 Å². The van der Waals surface area contributed by atoms with Gasteiger partial charge in [0, 0.05) is 19.5 Å². The molecule has 1 aliphatic heterocycles. The van der Waals surface area contributed by atoms with Gasteiger partial charge in [0.2, 0.25) is 0 Å². The predicted octanol–water partition coefficient (Wildman–Crippen LogP) is 3.15. The lowest BCUT2D eigenvalue weighted by Crippen LogP contribution is -2.59. The van der Waals surface area contributed by atoms with Crippen molar-refractivity contribution in [2.24, 2.45) is 0 Å². The largest absolute Gasteiger partial charge is 0.618 e. The first-order valence-corrected chi connectivity index (χ1v) is 7.74. The van der Waals surface area contributed by atoms with E-state index in [1.165, 1.54) is 17.9 Å². The fourth-order valence-corrected chi connectivity index (χ4v) is 2.99. The van der Waals surface area contributed by atoms with Gasteiger partial charge in [0.25, 0.3) is 0 Å². The molecule has 124 valence electrons. The molecule has 0 radical (unpaired) electrons. The smallest absolute Gasteiger partial charge is 0.429 e. The molecule has 0 fully saturated rings. The zero-order chi connectivity index (χ0) is 17.3. The molecule has 6 nitrogen and oxygen atoms in total. The fraction of sp³-hybridized carbons (Fsp3) is 0.222. The van der Waals surface area contributed by atoms with Gasteiger partial charge in [-0.2, -0.15) is 0 Å². The second kappa shape index (κ2) is 6.07. The Morgan fingerprint density at radius 2 is 1.79 bits per heavy atom. The second-order valence-corrected chi connectivity index (χ2v) is 5.83. The minimum absolute atomic E-state index is 0.186. The molecular weight excluding hydrogens is 308 g/mol. The number of carbonyl (C=O) groups is 2. The van der Waals surface area contributed by atoms with Gasteiger partial charge >= 0.3 is 12.0 Å². The van der Waals surface area contributed by atoms with Crippen molar-refractivity contribution < 1.29 is 14.7 Å². The standard InChI is InChI=1S/C18H18N2O4/c1-13(17(21)22)20(24)16-10-6-5-9-15(16)19(18(20)23)12-11-14-7-3-2-4-8-14/h2-10,13H,11-12H2,1H3,(H,21,22). The Morgan fingerprint density at radius 1 is 1.17 bits per heavy atom. The lowest BCUT2D eigenvalue weighted by Gasteiger charge is -2.37. The molecule has 24 heavy (non-hydrogen) atoms. The van der Waals surface area contributed by atoms with E-state index >= 15 is 0 Å². The maximum atomic E-state index is 13.2. The summed E-state index contributed by atoms with van der Waals surface area (Å²) >= 11 is 0. The van der Waals surface area contributed by atoms with E-state index in [1.54, 1.807) is 18.2 Å². The number of fused-ring (bicyclic) bond motifs is 1. The first-order chi connectivity index (χ1) is 11.5. The van der Waals surface area contributed by atoms with Gasteiger partial charge < -0.3 is 10.3 Å². The van der Waals surface area contributed by atoms with Gasteiger partial charge in [0.15, 0.2) is 11.7 Å². The van der Waals surface area contributed by atoms with E-state index in [4.69, 9.17) is 0 Å². The van der Waals surface area contributed by atoms with Crippen LogP contribution in [-0.2, 0) is 11.2 Å². The topological polar surface area (TPSA) is 80.7 Å². The number of carbonyl (C=O) groups excluding carboxylic acids is 1. The Bertz CT molecular complexity index is 778. The van der Waals surface area contributed by atoms with Gasteiger partial charge in [0.1, 0.15) is 5.69 Å². The third kappa shape index (κ3) is 2.46. The van der Waals surface area contributed by atoms with Crippen LogP contribution in [0.5, 0.6) is 0 Å². The number of hydrogen-bond donors (Lipinski definition) is 1. The lowest BCUT2D eigenvalue weighted by molar-refractivity contribution is -0.140. The van der Waals surface area contributed by atoms with Crippen molar-refractivity contribution in [3.05, 3.63) is 65.4 Å². The lowest BCUT2D eigenvalue weighted by atomic mass is 10.1. The van der Waals surface area contributed by atoms with E-state index in [0.29, 0.717) is 18.7 Å². The van der Waals surface area contributed by atoms with Crippen LogP contribution in [0.1, 0.15) is 12.5 Å². The summed E-state index contributed by atoms with van der Waals surface area (Å²) in [4.78, 5) is 25.5. The minimum atomic E-state index is -1.49. The predicted molar refractivity (Wildman–Crippen MR) is 91.6 cm³/mol. The highest BCUT2D eigenvalue weighted by Crippen LogP contribution is 2.43. The summed E-state index contributed by atoms with van der Waals surface area (Å²) in [6.07, 6.45) is 0.586. The number of amides is 2. The summed E-state index contributed by atoms with van der Waals surface area (Å²) in [5.41, 5.74) is 1.72. The molecule has 2 amide bonds. The third-order valence-electron chi connectivity index (χ3n) is 4.42. The molecule has 1 N–H and O–H groups in total. The molecule has 2 aromatic rings. The van der Waals surface area contributed by atoms with E-state index in [9.17, 15) is 19.9 Å². The Hall–Kier alpha value is -2.70. The number of quaternary nitrogens is 1. The van der Waals surface area contributed by atoms with Crippen LogP contribution in [0, 0.1) is 5.21 Å². The normalized spacial score (nSPS) is 20.8. The molecule has 3 rings (SSSR count). The Kier molecular flexibility index (Phi) is 4.09. The van der Waals surface area contributed by atoms with Crippen LogP contribution in [0.3, 0.4) is 0 Å². The molecule has 2 unspecified atom stereocenters. The quantitative estimate of drug-likeness (QED) is 0.676. The maximum absolute atomic E-state index is 13.2. The highest BCUT2D eigenvalue weighted by Gasteiger charge is 2.51. The number of rotatable bonds is 5. The molecule has 0 aliphatic carbocycles. The number of nitrogens with zero attached hydrogens (tertiary/aromatic N) is 2. The zero-order valence-electron chi connectivity index (χ0n) is 13.3. The summed E-state index contributed by atoms with van der Waals surface area (Å²) in [5, 5.41) is 22.4. The van der Waals surface area contributed by atoms with E-state index in [0.717, 1.165) is 5.56 Å². The SMILES string of the molecule is CC(C(=O)O)[N+]1([O-])C(=O)N(CCc2ccccc2)c2ccccc21. The maximum Gasteiger partial charge on any atom is 0.429 e. The van der Waals surface area contributed by atoms with Crippen molar-refractivity contribution in [1.29, 1.82) is 0 Å². The van der Waals surface area contributed by atoms with Crippen molar-refractivity contribution in [3.8, 4) is 0 Å². The number of para-hydroxylation sites is 2. The molecule has 6 heteroatoms. The van der Waals surface area contributed by atoms with Gasteiger partial charge in [-0.05, 0) is 18.1 Å². The van der Waals surface area contributed by atoms with Crippen LogP contribution < -0.4 is 9.55 Å². The number of urea groups is 1. The van der Waals surface area contributed by atoms with E-state index in [2.05, 4.69) is 0 Å². The number of carboxylic acids is 1. The summed E-state index contributed by atoms with van der Waals surface area (Å²) in [6, 6.07) is 14.1. The number of hydrogen-bond acceptors (Lipinski definition) is 3. The first-order valence-electron chi connectivity index (χ1n) is 7.74. The van der Waals surface area contributed by atoms with Crippen molar-refractivity contribution in [3.63, 3.8) is 0 Å². The van der Waals surface area contributed by atoms with Crippen molar-refractivity contribution >= 4 is 23.4 Å². The van der Waals surface area contributed by atoms with Gasteiger partial charge in [0.05, 0.1) is 0 Å². The van der Waals surface area contributed by atoms with E-state index in [1.807, 2.05) is 30.3 Å². The molecular formula is C18H18N2O4. The van der Waals surface area contributed by atoms with Crippen LogP contribution in [0.15, 0.2) is 54.6 Å². The molecule has 1 heterocycles. The highest BCUT2D eigenvalue weighted by molar-refractivity contribution is 6.12. The van der Waals surface area contributed by atoms with Gasteiger partial charge in [-0.25, -0.2) is 14.2 Å². The Balaban J connectivity index is 1.94. The van der Waals surface area contributed by atoms with E-state index < -0.39 is 22.7 Å². The van der Waals surface area contributed by atoms with Crippen LogP contribution in [0.4, 0.5) is 16.2 Å². The number of anilines is 1. The van der Waals surface area contributed by atoms with Crippen molar-refractivity contribution in [1.82, 2.24) is 4.65 Å². The monoisotopic (exact) mass is 326 g/mol. The van der Waals surface area contributed by atoms with Crippen LogP contribution in [0.2, 0.25) is 0 Å². The Morgan fingerprint density at radius 3 is 2.46 bits per heavy atom. The third-order valence-corrected chi connectivity index (χ3v) is 4.42. The van der Waals surface area contributed by atoms with Gasteiger partial charge in [-0.1, -0.05) is 42.5 Å². The van der Waals surface area contributed by atoms with Crippen molar-refractivity contribution in [2.45, 2.75) is 19.4 Å². The number of carboxylic acid groups (broad SMARTS) is 1. The molecule has 0 aromatic heterocycles. The number of aliphatic carboxylic acids is 1. The fourth-order valence-electron chi connectivity index (χ4n) is 2.99. The molecule has 0 saturated heterocycles. The minimum Gasteiger partial charge on any atom is -0.618 e. The summed E-state index contributed by atoms with van der Waals surface area (Å²) < 4.78 is -1.49. The Labute approximate surface area is 139 Å². The molecule has 2 atom stereocenters. The van der Waals surface area contributed by atoms with Crippen LogP contribution in [0.25, 0.3) is 0 Å². The second-order valence-electron chi connectivity index (χ2n) is 5.83.